The van der Waals surface area contributed by atoms with E-state index in [2.05, 4.69) is 9.97 Å². The zero-order valence-corrected chi connectivity index (χ0v) is 19.4. The molecule has 2 heterocycles. The third-order valence-corrected chi connectivity index (χ3v) is 7.47. The molecule has 3 aromatic rings. The Kier molecular flexibility index (Phi) is 6.99. The van der Waals surface area contributed by atoms with Crippen LogP contribution < -0.4 is 4.90 Å². The first-order chi connectivity index (χ1) is 16.4. The maximum atomic E-state index is 13.2. The lowest BCUT2D eigenvalue weighted by Gasteiger charge is -2.34. The summed E-state index contributed by atoms with van der Waals surface area (Å²) >= 11 is 0. The third-order valence-electron chi connectivity index (χ3n) is 5.56. The van der Waals surface area contributed by atoms with E-state index >= 15 is 0 Å². The molecule has 0 saturated carbocycles. The minimum atomic E-state index is -3.67. The molecule has 10 heteroatoms. The Morgan fingerprint density at radius 2 is 1.65 bits per heavy atom. The summed E-state index contributed by atoms with van der Waals surface area (Å²) in [7, 11) is -3.67. The largest absolute Gasteiger partial charge is 0.462 e. The highest BCUT2D eigenvalue weighted by molar-refractivity contribution is 7.89. The molecular formula is C24H24N4O5S. The normalized spacial score (nSPS) is 14.6. The predicted molar refractivity (Wildman–Crippen MR) is 126 cm³/mol. The number of aromatic nitrogens is 2. The van der Waals surface area contributed by atoms with Crippen LogP contribution in [-0.2, 0) is 14.8 Å². The minimum absolute atomic E-state index is 0.198. The summed E-state index contributed by atoms with van der Waals surface area (Å²) in [6.07, 6.45) is 3.61. The van der Waals surface area contributed by atoms with E-state index in [1.54, 1.807) is 43.3 Å². The fourth-order valence-corrected chi connectivity index (χ4v) is 5.17. The molecule has 1 saturated heterocycles. The van der Waals surface area contributed by atoms with Crippen LogP contribution in [0.25, 0.3) is 11.1 Å². The van der Waals surface area contributed by atoms with Crippen LogP contribution in [0.5, 0.6) is 0 Å². The zero-order chi connectivity index (χ0) is 24.1. The summed E-state index contributed by atoms with van der Waals surface area (Å²) in [6, 6.07) is 13.7. The average Bonchev–Trinajstić information content (AvgIpc) is 2.89. The highest BCUT2D eigenvalue weighted by Gasteiger charge is 2.29. The highest BCUT2D eigenvalue weighted by Crippen LogP contribution is 2.26. The number of rotatable bonds is 7. The number of hydrogen-bond donors (Lipinski definition) is 0. The number of anilines is 1. The van der Waals surface area contributed by atoms with Gasteiger partial charge in [-0.3, -0.25) is 4.79 Å². The van der Waals surface area contributed by atoms with Crippen LogP contribution in [0.1, 0.15) is 27.6 Å². The van der Waals surface area contributed by atoms with Crippen molar-refractivity contribution in [3.05, 3.63) is 72.1 Å². The van der Waals surface area contributed by atoms with E-state index in [1.165, 1.54) is 16.7 Å². The van der Waals surface area contributed by atoms with Crippen molar-refractivity contribution in [2.75, 3.05) is 37.7 Å². The molecule has 1 aliphatic rings. The molecule has 0 atom stereocenters. The van der Waals surface area contributed by atoms with Gasteiger partial charge < -0.3 is 9.64 Å². The molecule has 0 amide bonds. The average molecular weight is 481 g/mol. The predicted octanol–water partition coefficient (Wildman–Crippen LogP) is 2.64. The van der Waals surface area contributed by atoms with Crippen molar-refractivity contribution in [3.63, 3.8) is 0 Å². The molecule has 2 aromatic carbocycles. The molecule has 9 nitrogen and oxygen atoms in total. The number of esters is 1. The zero-order valence-electron chi connectivity index (χ0n) is 18.6. The monoisotopic (exact) mass is 480 g/mol. The van der Waals surface area contributed by atoms with Crippen molar-refractivity contribution in [2.24, 2.45) is 0 Å². The number of carbonyl (C=O) groups excluding carboxylic acids is 2. The number of carbonyl (C=O) groups is 2. The molecule has 4 rings (SSSR count). The number of aldehydes is 1. The van der Waals surface area contributed by atoms with Gasteiger partial charge in [-0.15, -0.1) is 0 Å². The summed E-state index contributed by atoms with van der Waals surface area (Å²) in [6.45, 7) is 3.39. The van der Waals surface area contributed by atoms with Crippen molar-refractivity contribution in [1.82, 2.24) is 14.3 Å². The Hall–Kier alpha value is -3.63. The second-order valence-electron chi connectivity index (χ2n) is 7.61. The summed E-state index contributed by atoms with van der Waals surface area (Å²) in [5, 5.41) is 0. The van der Waals surface area contributed by atoms with Crippen molar-refractivity contribution < 1.29 is 22.7 Å². The highest BCUT2D eigenvalue weighted by atomic mass is 32.2. The van der Waals surface area contributed by atoms with Crippen molar-refractivity contribution in [3.8, 4) is 11.1 Å². The van der Waals surface area contributed by atoms with E-state index in [9.17, 15) is 18.0 Å². The summed E-state index contributed by atoms with van der Waals surface area (Å²) in [4.78, 5) is 33.6. The topological polar surface area (TPSA) is 110 Å². The van der Waals surface area contributed by atoms with E-state index in [-0.39, 0.29) is 30.2 Å². The van der Waals surface area contributed by atoms with E-state index in [0.717, 1.165) is 17.4 Å². The van der Waals surface area contributed by atoms with Crippen LogP contribution >= 0.6 is 0 Å². The van der Waals surface area contributed by atoms with Crippen molar-refractivity contribution >= 4 is 28.2 Å². The molecule has 0 spiro atoms. The maximum Gasteiger partial charge on any atom is 0.341 e. The lowest BCUT2D eigenvalue weighted by atomic mass is 10.0. The molecule has 0 aliphatic carbocycles. The minimum Gasteiger partial charge on any atom is -0.462 e. The Morgan fingerprint density at radius 3 is 2.26 bits per heavy atom. The third kappa shape index (κ3) is 4.82. The van der Waals surface area contributed by atoms with Gasteiger partial charge in [0, 0.05) is 44.1 Å². The lowest BCUT2D eigenvalue weighted by molar-refractivity contribution is 0.0525. The van der Waals surface area contributed by atoms with Gasteiger partial charge in [-0.05, 0) is 30.2 Å². The fourth-order valence-electron chi connectivity index (χ4n) is 3.75. The fraction of sp³-hybridized carbons (Fsp3) is 0.250. The smallest absolute Gasteiger partial charge is 0.341 e. The Balaban J connectivity index is 1.43. The first kappa shape index (κ1) is 23.5. The molecule has 0 unspecified atom stereocenters. The van der Waals surface area contributed by atoms with E-state index in [1.807, 2.05) is 17.0 Å². The van der Waals surface area contributed by atoms with Gasteiger partial charge in [0.25, 0.3) is 0 Å². The first-order valence-electron chi connectivity index (χ1n) is 10.8. The SMILES string of the molecule is CCOC(=O)c1cnc(N2CCN(S(=O)(=O)c3ccc(-c4ccccc4C=O)cc3)CC2)nc1. The second kappa shape index (κ2) is 10.1. The van der Waals surface area contributed by atoms with Crippen LogP contribution in [-0.4, -0.2) is 67.7 Å². The molecule has 0 radical (unpaired) electrons. The van der Waals surface area contributed by atoms with Crippen LogP contribution in [0.3, 0.4) is 0 Å². The van der Waals surface area contributed by atoms with E-state index in [0.29, 0.717) is 24.6 Å². The van der Waals surface area contributed by atoms with Gasteiger partial charge in [-0.2, -0.15) is 4.31 Å². The molecule has 176 valence electrons. The van der Waals surface area contributed by atoms with E-state index in [4.69, 9.17) is 4.74 Å². The van der Waals surface area contributed by atoms with E-state index < -0.39 is 16.0 Å². The van der Waals surface area contributed by atoms with Gasteiger partial charge in [0.2, 0.25) is 16.0 Å². The van der Waals surface area contributed by atoms with Crippen molar-refractivity contribution in [2.45, 2.75) is 11.8 Å². The lowest BCUT2D eigenvalue weighted by Crippen LogP contribution is -2.49. The Labute approximate surface area is 198 Å². The van der Waals surface area contributed by atoms with Gasteiger partial charge in [-0.25, -0.2) is 23.2 Å². The number of ether oxygens (including phenoxy) is 1. The number of nitrogens with zero attached hydrogens (tertiary/aromatic N) is 4. The quantitative estimate of drug-likeness (QED) is 0.375. The van der Waals surface area contributed by atoms with Gasteiger partial charge in [0.05, 0.1) is 17.1 Å². The molecule has 1 aromatic heterocycles. The number of hydrogen-bond acceptors (Lipinski definition) is 8. The van der Waals surface area contributed by atoms with Crippen LogP contribution in [0.4, 0.5) is 5.95 Å². The second-order valence-corrected chi connectivity index (χ2v) is 9.55. The number of piperazine rings is 1. The van der Waals surface area contributed by atoms with Crippen LogP contribution in [0, 0.1) is 0 Å². The van der Waals surface area contributed by atoms with Crippen LogP contribution in [0.2, 0.25) is 0 Å². The summed E-state index contributed by atoms with van der Waals surface area (Å²) in [5.74, 6) is -0.0473. The first-order valence-corrected chi connectivity index (χ1v) is 12.3. The maximum absolute atomic E-state index is 13.2. The number of benzene rings is 2. The number of sulfonamides is 1. The Morgan fingerprint density at radius 1 is 1.00 bits per heavy atom. The molecule has 1 fully saturated rings. The summed E-state index contributed by atoms with van der Waals surface area (Å²) in [5.41, 5.74) is 2.34. The molecule has 0 N–H and O–H groups in total. The van der Waals surface area contributed by atoms with Gasteiger partial charge >= 0.3 is 5.97 Å². The molecular weight excluding hydrogens is 456 g/mol. The van der Waals surface area contributed by atoms with Gasteiger partial charge in [-0.1, -0.05) is 36.4 Å². The Bertz CT molecular complexity index is 1270. The van der Waals surface area contributed by atoms with Crippen LogP contribution in [0.15, 0.2) is 65.8 Å². The standard InChI is InChI=1S/C24H24N4O5S/c1-2-33-23(30)20-15-25-24(26-16-20)27-11-13-28(14-12-27)34(31,32)21-9-7-18(8-10-21)22-6-4-3-5-19(22)17-29/h3-10,15-17H,2,11-14H2,1H3. The van der Waals surface area contributed by atoms with Crippen molar-refractivity contribution in [1.29, 1.82) is 0 Å². The van der Waals surface area contributed by atoms with Gasteiger partial charge in [0.1, 0.15) is 0 Å². The molecule has 34 heavy (non-hydrogen) atoms. The van der Waals surface area contributed by atoms with Gasteiger partial charge in [0.15, 0.2) is 6.29 Å². The summed E-state index contributed by atoms with van der Waals surface area (Å²) < 4.78 is 32.7. The molecule has 0 bridgehead atoms. The molecule has 1 aliphatic heterocycles.